The number of aromatic nitrogens is 2. The zero-order valence-electron chi connectivity index (χ0n) is 15.4. The van der Waals surface area contributed by atoms with E-state index in [0.717, 1.165) is 37.3 Å². The van der Waals surface area contributed by atoms with Crippen LogP contribution in [0.15, 0.2) is 51.9 Å². The fourth-order valence-electron chi connectivity index (χ4n) is 3.75. The van der Waals surface area contributed by atoms with Crippen LogP contribution in [0.5, 0.6) is 0 Å². The van der Waals surface area contributed by atoms with Crippen LogP contribution in [-0.2, 0) is 0 Å². The van der Waals surface area contributed by atoms with Crippen molar-refractivity contribution in [3.8, 4) is 11.1 Å². The maximum absolute atomic E-state index is 14.4. The van der Waals surface area contributed by atoms with E-state index in [-0.39, 0.29) is 5.65 Å². The number of nitrogens with one attached hydrogen (secondary N) is 1. The minimum atomic E-state index is -0.486. The molecule has 0 unspecified atom stereocenters. The van der Waals surface area contributed by atoms with Crippen molar-refractivity contribution in [1.29, 1.82) is 0 Å². The fourth-order valence-corrected chi connectivity index (χ4v) is 3.75. The van der Waals surface area contributed by atoms with Crippen molar-refractivity contribution in [3.63, 3.8) is 0 Å². The van der Waals surface area contributed by atoms with Crippen LogP contribution in [-0.4, -0.2) is 35.6 Å². The molecule has 1 aromatic carbocycles. The molecule has 1 N–H and O–H groups in total. The number of hydrogen-bond acceptors (Lipinski definition) is 5. The molecule has 1 fully saturated rings. The molecule has 28 heavy (non-hydrogen) atoms. The molecular weight excluding hydrogens is 359 g/mol. The average molecular weight is 378 g/mol. The minimum absolute atomic E-state index is 0.243. The first-order valence-electron chi connectivity index (χ1n) is 9.27. The Labute approximate surface area is 160 Å². The largest absolute Gasteiger partial charge is 0.422 e. The number of pyridine rings is 1. The molecule has 1 aliphatic heterocycles. The molecule has 6 nitrogen and oxygen atoms in total. The highest BCUT2D eigenvalue weighted by Crippen LogP contribution is 2.26. The van der Waals surface area contributed by atoms with Crippen LogP contribution in [0.2, 0.25) is 0 Å². The second-order valence-electron chi connectivity index (χ2n) is 7.10. The topological polar surface area (TPSA) is 62.8 Å². The van der Waals surface area contributed by atoms with Crippen LogP contribution < -0.4 is 15.8 Å². The summed E-state index contributed by atoms with van der Waals surface area (Å²) in [6.07, 6.45) is 3.43. The molecule has 5 rings (SSSR count). The first-order chi connectivity index (χ1) is 13.6. The Morgan fingerprint density at radius 1 is 1.14 bits per heavy atom. The standard InChI is InChI=1S/C21H19FN4O2/c1-13-11-26-12-15(9-18(22)20(26)24-13)17-8-14-2-3-16(10-19(14)28-21(17)27)25-6-4-23-5-7-25/h2-3,8-12,23H,4-7H2,1H3. The van der Waals surface area contributed by atoms with Crippen LogP contribution in [0.3, 0.4) is 0 Å². The highest BCUT2D eigenvalue weighted by atomic mass is 19.1. The molecule has 4 heterocycles. The summed E-state index contributed by atoms with van der Waals surface area (Å²) in [5.41, 5.74) is 2.82. The van der Waals surface area contributed by atoms with E-state index in [4.69, 9.17) is 4.42 Å². The van der Waals surface area contributed by atoms with Gasteiger partial charge in [-0.3, -0.25) is 0 Å². The van der Waals surface area contributed by atoms with Crippen molar-refractivity contribution in [1.82, 2.24) is 14.7 Å². The van der Waals surface area contributed by atoms with E-state index < -0.39 is 11.4 Å². The second-order valence-corrected chi connectivity index (χ2v) is 7.10. The third-order valence-electron chi connectivity index (χ3n) is 5.14. The van der Waals surface area contributed by atoms with Gasteiger partial charge in [0.1, 0.15) is 5.58 Å². The molecule has 0 saturated carbocycles. The lowest BCUT2D eigenvalue weighted by atomic mass is 10.1. The lowest BCUT2D eigenvalue weighted by molar-refractivity contribution is 0.561. The molecular formula is C21H19FN4O2. The second kappa shape index (κ2) is 6.45. The average Bonchev–Trinajstić information content (AvgIpc) is 3.08. The van der Waals surface area contributed by atoms with Gasteiger partial charge in [0.25, 0.3) is 0 Å². The Balaban J connectivity index is 1.60. The first-order valence-corrected chi connectivity index (χ1v) is 9.27. The Morgan fingerprint density at radius 3 is 2.79 bits per heavy atom. The van der Waals surface area contributed by atoms with Crippen molar-refractivity contribution in [2.75, 3.05) is 31.1 Å². The lowest BCUT2D eigenvalue weighted by Crippen LogP contribution is -2.43. The van der Waals surface area contributed by atoms with Gasteiger partial charge in [-0.25, -0.2) is 14.2 Å². The van der Waals surface area contributed by atoms with Gasteiger partial charge < -0.3 is 19.0 Å². The number of anilines is 1. The predicted molar refractivity (Wildman–Crippen MR) is 106 cm³/mol. The zero-order valence-corrected chi connectivity index (χ0v) is 15.4. The molecule has 142 valence electrons. The monoisotopic (exact) mass is 378 g/mol. The van der Waals surface area contributed by atoms with Gasteiger partial charge in [-0.1, -0.05) is 0 Å². The number of imidazole rings is 1. The third kappa shape index (κ3) is 2.84. The van der Waals surface area contributed by atoms with Crippen LogP contribution in [0.1, 0.15) is 5.69 Å². The Kier molecular flexibility index (Phi) is 3.91. The molecule has 7 heteroatoms. The summed E-state index contributed by atoms with van der Waals surface area (Å²) < 4.78 is 21.6. The maximum Gasteiger partial charge on any atom is 0.344 e. The van der Waals surface area contributed by atoms with E-state index in [0.29, 0.717) is 22.4 Å². The summed E-state index contributed by atoms with van der Waals surface area (Å²) in [5, 5.41) is 4.12. The van der Waals surface area contributed by atoms with Gasteiger partial charge in [0.2, 0.25) is 0 Å². The number of fused-ring (bicyclic) bond motifs is 2. The van der Waals surface area contributed by atoms with Crippen LogP contribution in [0.4, 0.5) is 10.1 Å². The number of piperazine rings is 1. The molecule has 0 aliphatic carbocycles. The van der Waals surface area contributed by atoms with Crippen molar-refractivity contribution in [2.24, 2.45) is 0 Å². The molecule has 0 radical (unpaired) electrons. The number of benzene rings is 1. The van der Waals surface area contributed by atoms with Crippen LogP contribution >= 0.6 is 0 Å². The van der Waals surface area contributed by atoms with Gasteiger partial charge in [0.15, 0.2) is 11.5 Å². The fraction of sp³-hybridized carbons (Fsp3) is 0.238. The van der Waals surface area contributed by atoms with Gasteiger partial charge in [0.05, 0.1) is 11.3 Å². The molecule has 3 aromatic heterocycles. The Hall–Kier alpha value is -3.19. The van der Waals surface area contributed by atoms with E-state index >= 15 is 0 Å². The normalized spacial score (nSPS) is 14.9. The molecule has 0 atom stereocenters. The van der Waals surface area contributed by atoms with E-state index in [1.807, 2.05) is 18.2 Å². The smallest absolute Gasteiger partial charge is 0.344 e. The van der Waals surface area contributed by atoms with Gasteiger partial charge >= 0.3 is 5.63 Å². The molecule has 0 bridgehead atoms. The Morgan fingerprint density at radius 2 is 1.96 bits per heavy atom. The highest BCUT2D eigenvalue weighted by Gasteiger charge is 2.15. The van der Waals surface area contributed by atoms with E-state index in [2.05, 4.69) is 15.2 Å². The van der Waals surface area contributed by atoms with Crippen molar-refractivity contribution in [3.05, 3.63) is 64.7 Å². The molecule has 1 saturated heterocycles. The molecule has 1 aliphatic rings. The van der Waals surface area contributed by atoms with E-state index in [1.165, 1.54) is 6.07 Å². The number of halogens is 1. The summed E-state index contributed by atoms with van der Waals surface area (Å²) in [4.78, 5) is 19.0. The maximum atomic E-state index is 14.4. The quantitative estimate of drug-likeness (QED) is 0.544. The number of hydrogen-bond donors (Lipinski definition) is 1. The van der Waals surface area contributed by atoms with E-state index in [1.54, 1.807) is 29.8 Å². The summed E-state index contributed by atoms with van der Waals surface area (Å²) in [5.74, 6) is -0.473. The lowest BCUT2D eigenvalue weighted by Gasteiger charge is -2.29. The summed E-state index contributed by atoms with van der Waals surface area (Å²) in [6.45, 7) is 5.49. The van der Waals surface area contributed by atoms with Crippen molar-refractivity contribution in [2.45, 2.75) is 6.92 Å². The van der Waals surface area contributed by atoms with Crippen molar-refractivity contribution < 1.29 is 8.81 Å². The highest BCUT2D eigenvalue weighted by molar-refractivity contribution is 5.84. The van der Waals surface area contributed by atoms with Gasteiger partial charge in [-0.05, 0) is 31.2 Å². The van der Waals surface area contributed by atoms with Gasteiger partial charge in [-0.15, -0.1) is 0 Å². The number of rotatable bonds is 2. The third-order valence-corrected chi connectivity index (χ3v) is 5.14. The predicted octanol–water partition coefficient (Wildman–Crippen LogP) is 2.96. The van der Waals surface area contributed by atoms with Gasteiger partial charge in [-0.2, -0.15) is 0 Å². The van der Waals surface area contributed by atoms with Crippen LogP contribution in [0, 0.1) is 12.7 Å². The molecule has 4 aromatic rings. The minimum Gasteiger partial charge on any atom is -0.422 e. The van der Waals surface area contributed by atoms with Crippen LogP contribution in [0.25, 0.3) is 27.7 Å². The SMILES string of the molecule is Cc1cn2cc(-c3cc4ccc(N5CCNCC5)cc4oc3=O)cc(F)c2n1. The van der Waals surface area contributed by atoms with Crippen molar-refractivity contribution >= 4 is 22.3 Å². The number of aryl methyl sites for hydroxylation is 1. The molecule has 0 spiro atoms. The summed E-state index contributed by atoms with van der Waals surface area (Å²) in [6, 6.07) is 8.95. The summed E-state index contributed by atoms with van der Waals surface area (Å²) in [7, 11) is 0. The Bertz CT molecular complexity index is 1250. The first kappa shape index (κ1) is 16.9. The zero-order chi connectivity index (χ0) is 19.3. The van der Waals surface area contributed by atoms with Gasteiger partial charge in [0, 0.05) is 61.3 Å². The molecule has 0 amide bonds. The van der Waals surface area contributed by atoms with E-state index in [9.17, 15) is 9.18 Å². The summed E-state index contributed by atoms with van der Waals surface area (Å²) >= 11 is 0. The number of nitrogens with zero attached hydrogens (tertiary/aromatic N) is 3.